The molecule has 2 aromatic heterocycles. The summed E-state index contributed by atoms with van der Waals surface area (Å²) in [6.07, 6.45) is -0.192. The topological polar surface area (TPSA) is 63.1 Å². The van der Waals surface area contributed by atoms with Crippen LogP contribution < -0.4 is 10.9 Å². The number of pyridine rings is 1. The summed E-state index contributed by atoms with van der Waals surface area (Å²) in [4.78, 5) is 18.8. The van der Waals surface area contributed by atoms with Gasteiger partial charge in [-0.1, -0.05) is 41.9 Å². The Morgan fingerprint density at radius 3 is 2.41 bits per heavy atom. The molecule has 1 aromatic carbocycles. The summed E-state index contributed by atoms with van der Waals surface area (Å²) in [6.45, 7) is 2.51. The predicted octanol–water partition coefficient (Wildman–Crippen LogP) is 4.55. The van der Waals surface area contributed by atoms with Crippen LogP contribution in [0.4, 0.5) is 18.9 Å². The van der Waals surface area contributed by atoms with Gasteiger partial charge in [-0.05, 0) is 43.6 Å². The fourth-order valence-electron chi connectivity index (χ4n) is 3.79. The number of rotatable bonds is 6. The molecule has 32 heavy (non-hydrogen) atoms. The van der Waals surface area contributed by atoms with Crippen LogP contribution in [0.5, 0.6) is 0 Å². The maximum Gasteiger partial charge on any atom is 0.417 e. The van der Waals surface area contributed by atoms with Crippen molar-refractivity contribution in [3.05, 3.63) is 81.4 Å². The smallest absolute Gasteiger partial charge is 0.380 e. The first-order valence-corrected chi connectivity index (χ1v) is 10.6. The number of likely N-dealkylation sites (tertiary alicyclic amines) is 1. The Kier molecular flexibility index (Phi) is 6.48. The maximum absolute atomic E-state index is 12.7. The number of alkyl halides is 3. The van der Waals surface area contributed by atoms with E-state index in [0.717, 1.165) is 48.3 Å². The van der Waals surface area contributed by atoms with Crippen molar-refractivity contribution in [3.8, 4) is 5.82 Å². The Labute approximate surface area is 187 Å². The molecule has 4 rings (SSSR count). The Morgan fingerprint density at radius 1 is 1.06 bits per heavy atom. The van der Waals surface area contributed by atoms with Crippen LogP contribution in [0.1, 0.15) is 30.0 Å². The van der Waals surface area contributed by atoms with Crippen LogP contribution in [0.15, 0.2) is 59.7 Å². The van der Waals surface area contributed by atoms with E-state index in [1.165, 1.54) is 6.20 Å². The first-order chi connectivity index (χ1) is 15.3. The van der Waals surface area contributed by atoms with Gasteiger partial charge >= 0.3 is 6.18 Å². The van der Waals surface area contributed by atoms with Crippen LogP contribution in [0.2, 0.25) is 5.02 Å². The molecule has 0 saturated carbocycles. The Hall–Kier alpha value is -2.91. The van der Waals surface area contributed by atoms with Gasteiger partial charge in [0.2, 0.25) is 0 Å². The highest BCUT2D eigenvalue weighted by molar-refractivity contribution is 6.32. The van der Waals surface area contributed by atoms with E-state index in [4.69, 9.17) is 11.6 Å². The Bertz CT molecular complexity index is 1110. The number of halogens is 4. The lowest BCUT2D eigenvalue weighted by Gasteiger charge is -2.28. The SMILES string of the molecule is O=c1c(Cl)c(NC[C@@H](c2ccccc2)N2CCCC2)cnn1-c1ccc(C(F)(F)F)cn1. The third kappa shape index (κ3) is 4.78. The molecule has 0 aliphatic carbocycles. The zero-order valence-corrected chi connectivity index (χ0v) is 17.8. The van der Waals surface area contributed by atoms with Crippen LogP contribution in [-0.4, -0.2) is 39.3 Å². The van der Waals surface area contributed by atoms with Gasteiger partial charge in [-0.3, -0.25) is 9.69 Å². The van der Waals surface area contributed by atoms with E-state index in [-0.39, 0.29) is 16.9 Å². The molecule has 0 bridgehead atoms. The third-order valence-electron chi connectivity index (χ3n) is 5.46. The number of nitrogens with one attached hydrogen (secondary N) is 1. The fourth-order valence-corrected chi connectivity index (χ4v) is 3.99. The molecule has 0 unspecified atom stereocenters. The monoisotopic (exact) mass is 463 g/mol. The molecule has 0 amide bonds. The highest BCUT2D eigenvalue weighted by Crippen LogP contribution is 2.29. The van der Waals surface area contributed by atoms with Gasteiger partial charge < -0.3 is 5.32 Å². The van der Waals surface area contributed by atoms with Crippen molar-refractivity contribution in [2.45, 2.75) is 25.1 Å². The van der Waals surface area contributed by atoms with Crippen LogP contribution in [0.25, 0.3) is 5.82 Å². The van der Waals surface area contributed by atoms with Crippen molar-refractivity contribution in [1.82, 2.24) is 19.7 Å². The van der Waals surface area contributed by atoms with Crippen molar-refractivity contribution < 1.29 is 13.2 Å². The quantitative estimate of drug-likeness (QED) is 0.581. The van der Waals surface area contributed by atoms with Gasteiger partial charge in [0, 0.05) is 12.7 Å². The summed E-state index contributed by atoms with van der Waals surface area (Å²) in [7, 11) is 0. The molecule has 1 atom stereocenters. The van der Waals surface area contributed by atoms with Crippen molar-refractivity contribution in [2.24, 2.45) is 0 Å². The highest BCUT2D eigenvalue weighted by Gasteiger charge is 2.31. The van der Waals surface area contributed by atoms with Gasteiger partial charge in [-0.2, -0.15) is 23.0 Å². The maximum atomic E-state index is 12.7. The van der Waals surface area contributed by atoms with E-state index < -0.39 is 17.3 Å². The number of hydrogen-bond donors (Lipinski definition) is 1. The third-order valence-corrected chi connectivity index (χ3v) is 5.83. The molecule has 10 heteroatoms. The van der Waals surface area contributed by atoms with Crippen molar-refractivity contribution in [1.29, 1.82) is 0 Å². The second-order valence-electron chi connectivity index (χ2n) is 7.54. The number of hydrogen-bond acceptors (Lipinski definition) is 5. The molecule has 1 aliphatic heterocycles. The van der Waals surface area contributed by atoms with E-state index in [9.17, 15) is 18.0 Å². The number of anilines is 1. The van der Waals surface area contributed by atoms with Gasteiger partial charge in [0.25, 0.3) is 5.56 Å². The summed E-state index contributed by atoms with van der Waals surface area (Å²) in [5.41, 5.74) is -0.0536. The molecule has 168 valence electrons. The summed E-state index contributed by atoms with van der Waals surface area (Å²) < 4.78 is 39.1. The van der Waals surface area contributed by atoms with Crippen molar-refractivity contribution >= 4 is 17.3 Å². The lowest BCUT2D eigenvalue weighted by atomic mass is 10.1. The molecule has 3 aromatic rings. The molecular formula is C22H21ClF3N5O. The zero-order valence-electron chi connectivity index (χ0n) is 17.0. The normalized spacial score (nSPS) is 15.6. The van der Waals surface area contributed by atoms with Crippen molar-refractivity contribution in [2.75, 3.05) is 25.0 Å². The molecule has 1 fully saturated rings. The fraction of sp³-hybridized carbons (Fsp3) is 0.318. The first kappa shape index (κ1) is 22.3. The lowest BCUT2D eigenvalue weighted by Crippen LogP contribution is -2.31. The van der Waals surface area contributed by atoms with Crippen LogP contribution in [0.3, 0.4) is 0 Å². The molecule has 3 heterocycles. The molecule has 0 radical (unpaired) electrons. The molecule has 1 aliphatic rings. The van der Waals surface area contributed by atoms with Gasteiger partial charge in [0.05, 0.1) is 23.5 Å². The lowest BCUT2D eigenvalue weighted by molar-refractivity contribution is -0.137. The molecular weight excluding hydrogens is 443 g/mol. The number of benzene rings is 1. The van der Waals surface area contributed by atoms with Crippen LogP contribution in [0, 0.1) is 0 Å². The molecule has 1 N–H and O–H groups in total. The average molecular weight is 464 g/mol. The second-order valence-corrected chi connectivity index (χ2v) is 7.92. The summed E-state index contributed by atoms with van der Waals surface area (Å²) in [5.74, 6) is -0.0457. The minimum Gasteiger partial charge on any atom is -0.380 e. The van der Waals surface area contributed by atoms with Gasteiger partial charge in [-0.15, -0.1) is 0 Å². The van der Waals surface area contributed by atoms with Gasteiger partial charge in [-0.25, -0.2) is 4.98 Å². The summed E-state index contributed by atoms with van der Waals surface area (Å²) in [6, 6.07) is 12.1. The van der Waals surface area contributed by atoms with E-state index in [0.29, 0.717) is 18.4 Å². The Morgan fingerprint density at radius 2 is 1.78 bits per heavy atom. The minimum absolute atomic E-state index is 0.0457. The van der Waals surface area contributed by atoms with E-state index >= 15 is 0 Å². The number of nitrogens with zero attached hydrogens (tertiary/aromatic N) is 4. The van der Waals surface area contributed by atoms with Gasteiger partial charge in [0.15, 0.2) is 5.82 Å². The van der Waals surface area contributed by atoms with Crippen LogP contribution in [-0.2, 0) is 6.18 Å². The Balaban J connectivity index is 1.55. The van der Waals surface area contributed by atoms with E-state index in [1.807, 2.05) is 18.2 Å². The minimum atomic E-state index is -4.51. The molecule has 1 saturated heterocycles. The second kappa shape index (κ2) is 9.30. The largest absolute Gasteiger partial charge is 0.417 e. The first-order valence-electron chi connectivity index (χ1n) is 10.2. The van der Waals surface area contributed by atoms with E-state index in [2.05, 4.69) is 32.4 Å². The van der Waals surface area contributed by atoms with E-state index in [1.54, 1.807) is 0 Å². The standard InChI is InChI=1S/C22H21ClF3N5O/c23-20-17(27-14-18(30-10-4-5-11-30)15-6-2-1-3-7-15)13-29-31(21(20)32)19-9-8-16(12-28-19)22(24,25)26/h1-3,6-9,12-13,18,27H,4-5,10-11,14H2/t18-/m0/s1. The molecule has 0 spiro atoms. The van der Waals surface area contributed by atoms with Gasteiger partial charge in [0.1, 0.15) is 5.02 Å². The summed E-state index contributed by atoms with van der Waals surface area (Å²) >= 11 is 6.28. The zero-order chi connectivity index (χ0) is 22.7. The summed E-state index contributed by atoms with van der Waals surface area (Å²) in [5, 5.41) is 7.17. The van der Waals surface area contributed by atoms with Crippen LogP contribution >= 0.6 is 11.6 Å². The number of aromatic nitrogens is 3. The molecule has 6 nitrogen and oxygen atoms in total. The predicted molar refractivity (Wildman–Crippen MR) is 116 cm³/mol. The highest BCUT2D eigenvalue weighted by atomic mass is 35.5. The average Bonchev–Trinajstić information content (AvgIpc) is 3.32. The van der Waals surface area contributed by atoms with Crippen molar-refractivity contribution in [3.63, 3.8) is 0 Å².